The number of fused-ring (bicyclic) bond motifs is 3. The Morgan fingerprint density at radius 1 is 1.03 bits per heavy atom. The summed E-state index contributed by atoms with van der Waals surface area (Å²) in [6.45, 7) is 1.23. The number of anilines is 1. The van der Waals surface area contributed by atoms with Crippen molar-refractivity contribution in [1.29, 1.82) is 0 Å². The second-order valence-corrected chi connectivity index (χ2v) is 9.08. The Labute approximate surface area is 212 Å². The van der Waals surface area contributed by atoms with Gasteiger partial charge in [0.15, 0.2) is 5.78 Å². The van der Waals surface area contributed by atoms with E-state index >= 15 is 0 Å². The average molecular weight is 532 g/mol. The Hall–Kier alpha value is -3.99. The standard InChI is InChI=1S/C25H17ClF3N3O5/c1-12(33)37-15-7-4-13(5-8-15)22(34)21-20-19(18-3-2-10-30-32(18)21)23(35)31(24(20)36)14-6-9-17(26)16(11-14)25(27,28)29/h2-11,18-21H,1H3/t18?,19-,20-,21+/m1/s1. The highest BCUT2D eigenvalue weighted by molar-refractivity contribution is 6.32. The van der Waals surface area contributed by atoms with Crippen molar-refractivity contribution in [2.24, 2.45) is 16.9 Å². The van der Waals surface area contributed by atoms with Crippen LogP contribution >= 0.6 is 11.6 Å². The summed E-state index contributed by atoms with van der Waals surface area (Å²) < 4.78 is 45.3. The molecule has 3 heterocycles. The number of carbonyl (C=O) groups is 4. The zero-order chi connectivity index (χ0) is 26.6. The third kappa shape index (κ3) is 4.08. The molecule has 3 aliphatic rings. The summed E-state index contributed by atoms with van der Waals surface area (Å²) >= 11 is 5.71. The van der Waals surface area contributed by atoms with E-state index < -0.39 is 64.2 Å². The summed E-state index contributed by atoms with van der Waals surface area (Å²) in [4.78, 5) is 52.5. The van der Waals surface area contributed by atoms with Gasteiger partial charge in [-0.25, -0.2) is 4.90 Å². The molecule has 2 fully saturated rings. The molecule has 1 unspecified atom stereocenters. The van der Waals surface area contributed by atoms with Crippen LogP contribution in [0.5, 0.6) is 5.75 Å². The molecule has 12 heteroatoms. The van der Waals surface area contributed by atoms with Crippen molar-refractivity contribution in [3.63, 3.8) is 0 Å². The molecule has 5 rings (SSSR count). The van der Waals surface area contributed by atoms with E-state index in [1.807, 2.05) is 0 Å². The third-order valence-electron chi connectivity index (χ3n) is 6.47. The predicted molar refractivity (Wildman–Crippen MR) is 125 cm³/mol. The van der Waals surface area contributed by atoms with Gasteiger partial charge in [0.05, 0.1) is 34.2 Å². The lowest BCUT2D eigenvalue weighted by molar-refractivity contribution is -0.137. The van der Waals surface area contributed by atoms with Crippen LogP contribution < -0.4 is 9.64 Å². The number of allylic oxidation sites excluding steroid dienone is 1. The summed E-state index contributed by atoms with van der Waals surface area (Å²) in [5.41, 5.74) is -1.30. The monoisotopic (exact) mass is 531 g/mol. The van der Waals surface area contributed by atoms with Crippen molar-refractivity contribution < 1.29 is 37.1 Å². The van der Waals surface area contributed by atoms with E-state index in [-0.39, 0.29) is 17.0 Å². The molecule has 3 aliphatic heterocycles. The van der Waals surface area contributed by atoms with Crippen molar-refractivity contribution in [2.75, 3.05) is 4.90 Å². The maximum absolute atomic E-state index is 13.6. The molecule has 0 aromatic heterocycles. The molecule has 8 nitrogen and oxygen atoms in total. The number of hydrogen-bond donors (Lipinski definition) is 0. The lowest BCUT2D eigenvalue weighted by Crippen LogP contribution is -2.46. The van der Waals surface area contributed by atoms with Crippen LogP contribution in [0.2, 0.25) is 5.02 Å². The number of benzene rings is 2. The van der Waals surface area contributed by atoms with Crippen molar-refractivity contribution in [1.82, 2.24) is 5.01 Å². The first kappa shape index (κ1) is 24.7. The summed E-state index contributed by atoms with van der Waals surface area (Å²) in [7, 11) is 0. The van der Waals surface area contributed by atoms with Gasteiger partial charge in [-0.1, -0.05) is 17.7 Å². The molecule has 4 atom stereocenters. The van der Waals surface area contributed by atoms with Crippen LogP contribution in [0.15, 0.2) is 59.7 Å². The number of amides is 2. The number of nitrogens with zero attached hydrogens (tertiary/aromatic N) is 3. The van der Waals surface area contributed by atoms with Gasteiger partial charge < -0.3 is 4.74 Å². The van der Waals surface area contributed by atoms with E-state index in [1.54, 1.807) is 12.2 Å². The van der Waals surface area contributed by atoms with Crippen molar-refractivity contribution in [3.05, 3.63) is 70.8 Å². The molecule has 0 aliphatic carbocycles. The van der Waals surface area contributed by atoms with Crippen molar-refractivity contribution >= 4 is 47.1 Å². The Morgan fingerprint density at radius 3 is 2.35 bits per heavy atom. The average Bonchev–Trinajstić information content (AvgIpc) is 3.31. The van der Waals surface area contributed by atoms with Crippen LogP contribution in [-0.2, 0) is 20.6 Å². The van der Waals surface area contributed by atoms with Gasteiger partial charge >= 0.3 is 12.1 Å². The van der Waals surface area contributed by atoms with E-state index in [2.05, 4.69) is 5.10 Å². The van der Waals surface area contributed by atoms with Gasteiger partial charge in [-0.2, -0.15) is 18.3 Å². The van der Waals surface area contributed by atoms with E-state index in [0.717, 1.165) is 12.1 Å². The zero-order valence-corrected chi connectivity index (χ0v) is 19.7. The minimum atomic E-state index is -4.80. The molecule has 37 heavy (non-hydrogen) atoms. The second-order valence-electron chi connectivity index (χ2n) is 8.67. The highest BCUT2D eigenvalue weighted by Crippen LogP contribution is 2.47. The smallest absolute Gasteiger partial charge is 0.417 e. The number of imide groups is 1. The van der Waals surface area contributed by atoms with E-state index in [1.165, 1.54) is 42.4 Å². The first-order valence-corrected chi connectivity index (χ1v) is 11.4. The first-order chi connectivity index (χ1) is 17.5. The van der Waals surface area contributed by atoms with Gasteiger partial charge in [-0.15, -0.1) is 0 Å². The number of rotatable bonds is 4. The summed E-state index contributed by atoms with van der Waals surface area (Å²) in [6.07, 6.45) is -0.185. The highest BCUT2D eigenvalue weighted by Gasteiger charge is 2.64. The van der Waals surface area contributed by atoms with Crippen LogP contribution in [0, 0.1) is 11.8 Å². The molecular weight excluding hydrogens is 515 g/mol. The maximum atomic E-state index is 13.6. The fourth-order valence-corrected chi connectivity index (χ4v) is 5.21. The molecule has 190 valence electrons. The van der Waals surface area contributed by atoms with Crippen LogP contribution in [0.3, 0.4) is 0 Å². The van der Waals surface area contributed by atoms with Gasteiger partial charge in [0, 0.05) is 18.7 Å². The third-order valence-corrected chi connectivity index (χ3v) is 6.80. The van der Waals surface area contributed by atoms with Crippen molar-refractivity contribution in [2.45, 2.75) is 25.2 Å². The molecule has 0 spiro atoms. The molecule has 2 aromatic carbocycles. The zero-order valence-electron chi connectivity index (χ0n) is 19.0. The first-order valence-electron chi connectivity index (χ1n) is 11.1. The van der Waals surface area contributed by atoms with E-state index in [4.69, 9.17) is 16.3 Å². The van der Waals surface area contributed by atoms with E-state index in [0.29, 0.717) is 11.0 Å². The van der Waals surface area contributed by atoms with Crippen molar-refractivity contribution in [3.8, 4) is 5.75 Å². The quantitative estimate of drug-likeness (QED) is 0.257. The lowest BCUT2D eigenvalue weighted by atomic mass is 9.86. The number of halogens is 4. The molecule has 0 saturated carbocycles. The Balaban J connectivity index is 1.53. The molecule has 2 saturated heterocycles. The van der Waals surface area contributed by atoms with Gasteiger partial charge in [0.1, 0.15) is 11.8 Å². The van der Waals surface area contributed by atoms with Gasteiger partial charge in [0.2, 0.25) is 11.8 Å². The Morgan fingerprint density at radius 2 is 1.70 bits per heavy atom. The van der Waals surface area contributed by atoms with Gasteiger partial charge in [-0.3, -0.25) is 24.2 Å². The molecule has 2 aromatic rings. The normalized spacial score (nSPS) is 24.4. The van der Waals surface area contributed by atoms with Crippen LogP contribution in [0.25, 0.3) is 0 Å². The number of hydrazone groups is 1. The number of alkyl halides is 3. The SMILES string of the molecule is CC(=O)Oc1ccc(C(=O)[C@@H]2[C@@H]3C(=O)N(c4ccc(Cl)c(C(F)(F)F)c4)C(=O)[C@@H]3C3C=CC=NN32)cc1. The van der Waals surface area contributed by atoms with Crippen LogP contribution in [0.4, 0.5) is 18.9 Å². The fraction of sp³-hybridized carbons (Fsp3) is 0.240. The Kier molecular flexibility index (Phi) is 5.90. The summed E-state index contributed by atoms with van der Waals surface area (Å²) in [6, 6.07) is 6.50. The molecule has 0 N–H and O–H groups in total. The molecule has 2 amide bonds. The van der Waals surface area contributed by atoms with Crippen LogP contribution in [-0.4, -0.2) is 46.9 Å². The topological polar surface area (TPSA) is 96.3 Å². The number of carbonyl (C=O) groups excluding carboxylic acids is 4. The summed E-state index contributed by atoms with van der Waals surface area (Å²) in [5, 5.41) is 5.04. The number of ether oxygens (including phenoxy) is 1. The number of hydrogen-bond acceptors (Lipinski definition) is 7. The number of esters is 1. The summed E-state index contributed by atoms with van der Waals surface area (Å²) in [5.74, 6) is -4.62. The van der Waals surface area contributed by atoms with Crippen LogP contribution in [0.1, 0.15) is 22.8 Å². The molecule has 0 radical (unpaired) electrons. The minimum Gasteiger partial charge on any atom is -0.427 e. The second kappa shape index (κ2) is 8.84. The van der Waals surface area contributed by atoms with Gasteiger partial charge in [0.25, 0.3) is 0 Å². The maximum Gasteiger partial charge on any atom is 0.417 e. The fourth-order valence-electron chi connectivity index (χ4n) is 4.99. The minimum absolute atomic E-state index is 0.176. The Bertz CT molecular complexity index is 1390. The lowest BCUT2D eigenvalue weighted by Gasteiger charge is -2.30. The molecular formula is C25H17ClF3N3O5. The van der Waals surface area contributed by atoms with E-state index in [9.17, 15) is 32.3 Å². The predicted octanol–water partition coefficient (Wildman–Crippen LogP) is 3.88. The van der Waals surface area contributed by atoms with Gasteiger partial charge in [-0.05, 0) is 48.5 Å². The largest absolute Gasteiger partial charge is 0.427 e. The number of Topliss-reactive ketones (excluding diaryl/α,β-unsaturated/α-hetero) is 1. The number of ketones is 1. The molecule has 0 bridgehead atoms. The highest BCUT2D eigenvalue weighted by atomic mass is 35.5.